The number of hydrogen-bond acceptors (Lipinski definition) is 9. The van der Waals surface area contributed by atoms with Gasteiger partial charge in [-0.15, -0.1) is 0 Å². The molecule has 0 saturated heterocycles. The zero-order valence-electron chi connectivity index (χ0n) is 16.1. The van der Waals surface area contributed by atoms with Crippen LogP contribution in [0.1, 0.15) is 32.8 Å². The molecule has 0 radical (unpaired) electrons. The number of benzene rings is 1. The Hall–Kier alpha value is -2.65. The predicted octanol–water partition coefficient (Wildman–Crippen LogP) is 0.735. The van der Waals surface area contributed by atoms with Crippen LogP contribution in [0, 0.1) is 0 Å². The van der Waals surface area contributed by atoms with Crippen LogP contribution in [0.15, 0.2) is 24.3 Å². The first-order chi connectivity index (χ1) is 13.3. The number of carbonyl (C=O) groups is 3. The van der Waals surface area contributed by atoms with E-state index >= 15 is 0 Å². The summed E-state index contributed by atoms with van der Waals surface area (Å²) in [6, 6.07) is 6.45. The molecule has 0 saturated carbocycles. The monoisotopic (exact) mass is 398 g/mol. The Balaban J connectivity index is 3.16. The van der Waals surface area contributed by atoms with Gasteiger partial charge in [-0.05, 0) is 17.7 Å². The Morgan fingerprint density at radius 1 is 0.893 bits per heavy atom. The average molecular weight is 398 g/mol. The Labute approximate surface area is 163 Å². The SMILES string of the molecule is CC(=O)OCC(Oc1ccc(CO)cc1)C(OC(C)=O)C(CCO)OC(C)=O. The molecule has 9 nitrogen and oxygen atoms in total. The van der Waals surface area contributed by atoms with Gasteiger partial charge in [-0.3, -0.25) is 14.4 Å². The van der Waals surface area contributed by atoms with Crippen molar-refractivity contribution in [3.8, 4) is 5.75 Å². The van der Waals surface area contributed by atoms with Crippen LogP contribution in [0.3, 0.4) is 0 Å². The lowest BCUT2D eigenvalue weighted by atomic mass is 10.0. The maximum Gasteiger partial charge on any atom is 0.303 e. The van der Waals surface area contributed by atoms with Crippen molar-refractivity contribution in [3.05, 3.63) is 29.8 Å². The van der Waals surface area contributed by atoms with E-state index in [0.29, 0.717) is 11.3 Å². The highest BCUT2D eigenvalue weighted by Gasteiger charge is 2.37. The van der Waals surface area contributed by atoms with Crippen molar-refractivity contribution >= 4 is 17.9 Å². The molecule has 0 amide bonds. The molecule has 0 aliphatic heterocycles. The van der Waals surface area contributed by atoms with Gasteiger partial charge < -0.3 is 29.2 Å². The summed E-state index contributed by atoms with van der Waals surface area (Å²) in [7, 11) is 0. The molecule has 0 heterocycles. The van der Waals surface area contributed by atoms with Crippen LogP contribution in [0.4, 0.5) is 0 Å². The molecule has 1 rings (SSSR count). The molecule has 3 atom stereocenters. The standard InChI is InChI=1S/C19H26O9/c1-12(22)25-11-18(28-16-6-4-15(10-21)5-7-16)19(27-14(3)24)17(8-9-20)26-13(2)23/h4-7,17-21H,8-11H2,1-3H3. The van der Waals surface area contributed by atoms with Gasteiger partial charge in [0, 0.05) is 33.8 Å². The third kappa shape index (κ3) is 8.36. The second kappa shape index (κ2) is 11.9. The minimum atomic E-state index is -1.13. The summed E-state index contributed by atoms with van der Waals surface area (Å²) in [6.07, 6.45) is -3.17. The molecule has 9 heteroatoms. The number of aliphatic hydroxyl groups excluding tert-OH is 2. The first-order valence-electron chi connectivity index (χ1n) is 8.72. The summed E-state index contributed by atoms with van der Waals surface area (Å²) < 4.78 is 21.3. The summed E-state index contributed by atoms with van der Waals surface area (Å²) in [4.78, 5) is 34.3. The molecule has 0 bridgehead atoms. The van der Waals surface area contributed by atoms with E-state index in [9.17, 15) is 19.5 Å². The minimum Gasteiger partial charge on any atom is -0.483 e. The van der Waals surface area contributed by atoms with Gasteiger partial charge in [-0.1, -0.05) is 12.1 Å². The second-order valence-corrected chi connectivity index (χ2v) is 6.00. The molecule has 0 aliphatic carbocycles. The van der Waals surface area contributed by atoms with Gasteiger partial charge >= 0.3 is 17.9 Å². The molecule has 0 spiro atoms. The molecule has 3 unspecified atom stereocenters. The van der Waals surface area contributed by atoms with E-state index in [1.807, 2.05) is 0 Å². The summed E-state index contributed by atoms with van der Waals surface area (Å²) in [5.41, 5.74) is 0.665. The highest BCUT2D eigenvalue weighted by Crippen LogP contribution is 2.21. The molecule has 0 fully saturated rings. The average Bonchev–Trinajstić information content (AvgIpc) is 2.63. The molecule has 1 aromatic rings. The fourth-order valence-corrected chi connectivity index (χ4v) is 2.46. The lowest BCUT2D eigenvalue weighted by Crippen LogP contribution is -2.48. The summed E-state index contributed by atoms with van der Waals surface area (Å²) in [6.45, 7) is 2.82. The van der Waals surface area contributed by atoms with E-state index in [-0.39, 0.29) is 26.2 Å². The molecular weight excluding hydrogens is 372 g/mol. The minimum absolute atomic E-state index is 0.0130. The lowest BCUT2D eigenvalue weighted by molar-refractivity contribution is -0.178. The van der Waals surface area contributed by atoms with Gasteiger partial charge in [-0.2, -0.15) is 0 Å². The molecular formula is C19H26O9. The number of esters is 3. The lowest BCUT2D eigenvalue weighted by Gasteiger charge is -2.32. The largest absolute Gasteiger partial charge is 0.483 e. The van der Waals surface area contributed by atoms with Crippen LogP contribution in [0.2, 0.25) is 0 Å². The predicted molar refractivity (Wildman–Crippen MR) is 96.2 cm³/mol. The van der Waals surface area contributed by atoms with Crippen LogP contribution in [-0.4, -0.2) is 59.6 Å². The number of ether oxygens (including phenoxy) is 4. The van der Waals surface area contributed by atoms with E-state index in [4.69, 9.17) is 24.1 Å². The fourth-order valence-electron chi connectivity index (χ4n) is 2.46. The Morgan fingerprint density at radius 2 is 1.50 bits per heavy atom. The fraction of sp³-hybridized carbons (Fsp3) is 0.526. The molecule has 28 heavy (non-hydrogen) atoms. The normalized spacial score (nSPS) is 13.8. The van der Waals surface area contributed by atoms with E-state index < -0.39 is 36.2 Å². The number of carbonyl (C=O) groups excluding carboxylic acids is 3. The smallest absolute Gasteiger partial charge is 0.303 e. The summed E-state index contributed by atoms with van der Waals surface area (Å²) >= 11 is 0. The molecule has 1 aromatic carbocycles. The topological polar surface area (TPSA) is 129 Å². The third-order valence-corrected chi connectivity index (χ3v) is 3.61. The maximum absolute atomic E-state index is 11.6. The van der Waals surface area contributed by atoms with Crippen LogP contribution in [-0.2, 0) is 35.2 Å². The quantitative estimate of drug-likeness (QED) is 0.409. The molecule has 156 valence electrons. The maximum atomic E-state index is 11.6. The van der Waals surface area contributed by atoms with Gasteiger partial charge in [0.2, 0.25) is 0 Å². The number of aliphatic hydroxyl groups is 2. The zero-order chi connectivity index (χ0) is 21.1. The van der Waals surface area contributed by atoms with Crippen LogP contribution < -0.4 is 4.74 Å². The molecule has 0 aromatic heterocycles. The second-order valence-electron chi connectivity index (χ2n) is 6.00. The van der Waals surface area contributed by atoms with Crippen LogP contribution in [0.25, 0.3) is 0 Å². The van der Waals surface area contributed by atoms with E-state index in [1.165, 1.54) is 20.8 Å². The summed E-state index contributed by atoms with van der Waals surface area (Å²) in [5, 5.41) is 18.4. The zero-order valence-corrected chi connectivity index (χ0v) is 16.1. The summed E-state index contributed by atoms with van der Waals surface area (Å²) in [5.74, 6) is -1.50. The first kappa shape index (κ1) is 23.4. The molecule has 0 aliphatic rings. The van der Waals surface area contributed by atoms with Crippen molar-refractivity contribution < 1.29 is 43.5 Å². The number of hydrogen-bond donors (Lipinski definition) is 2. The number of rotatable bonds is 11. The Morgan fingerprint density at radius 3 is 1.96 bits per heavy atom. The van der Waals surface area contributed by atoms with Crippen molar-refractivity contribution in [3.63, 3.8) is 0 Å². The van der Waals surface area contributed by atoms with Gasteiger partial charge in [0.15, 0.2) is 12.2 Å². The third-order valence-electron chi connectivity index (χ3n) is 3.61. The van der Waals surface area contributed by atoms with Crippen molar-refractivity contribution in [2.75, 3.05) is 13.2 Å². The van der Waals surface area contributed by atoms with Crippen LogP contribution >= 0.6 is 0 Å². The Kier molecular flexibility index (Phi) is 9.97. The highest BCUT2D eigenvalue weighted by molar-refractivity contribution is 5.67. The van der Waals surface area contributed by atoms with Crippen molar-refractivity contribution in [2.24, 2.45) is 0 Å². The van der Waals surface area contributed by atoms with Crippen molar-refractivity contribution in [1.29, 1.82) is 0 Å². The Bertz CT molecular complexity index is 641. The van der Waals surface area contributed by atoms with Gasteiger partial charge in [0.05, 0.1) is 6.61 Å². The van der Waals surface area contributed by atoms with Crippen LogP contribution in [0.5, 0.6) is 5.75 Å². The van der Waals surface area contributed by atoms with Crippen molar-refractivity contribution in [2.45, 2.75) is 52.1 Å². The van der Waals surface area contributed by atoms with E-state index in [1.54, 1.807) is 24.3 Å². The first-order valence-corrected chi connectivity index (χ1v) is 8.72. The molecule has 2 N–H and O–H groups in total. The van der Waals surface area contributed by atoms with Gasteiger partial charge in [0.1, 0.15) is 18.5 Å². The van der Waals surface area contributed by atoms with E-state index in [2.05, 4.69) is 0 Å². The van der Waals surface area contributed by atoms with E-state index in [0.717, 1.165) is 0 Å². The highest BCUT2D eigenvalue weighted by atomic mass is 16.6. The van der Waals surface area contributed by atoms with Gasteiger partial charge in [-0.25, -0.2) is 0 Å². The van der Waals surface area contributed by atoms with Crippen molar-refractivity contribution in [1.82, 2.24) is 0 Å². The van der Waals surface area contributed by atoms with Gasteiger partial charge in [0.25, 0.3) is 0 Å².